The lowest BCUT2D eigenvalue weighted by Gasteiger charge is -2.51. The summed E-state index contributed by atoms with van der Waals surface area (Å²) >= 11 is 0. The van der Waals surface area contributed by atoms with Crippen LogP contribution in [-0.4, -0.2) is 50.2 Å². The van der Waals surface area contributed by atoms with Crippen LogP contribution in [0, 0.1) is 0 Å². The maximum Gasteiger partial charge on any atom is 0.0398 e. The number of anilines is 1. The Kier molecular flexibility index (Phi) is 3.93. The number of piperazine rings is 1. The number of hydrogen-bond acceptors (Lipinski definition) is 3. The molecule has 3 nitrogen and oxygen atoms in total. The summed E-state index contributed by atoms with van der Waals surface area (Å²) in [5, 5.41) is 3.31. The van der Waals surface area contributed by atoms with Crippen LogP contribution in [0.4, 0.5) is 5.69 Å². The van der Waals surface area contributed by atoms with Gasteiger partial charge in [0.05, 0.1) is 0 Å². The third kappa shape index (κ3) is 2.68. The summed E-state index contributed by atoms with van der Waals surface area (Å²) < 4.78 is 0. The molecule has 1 fully saturated rings. The molecule has 1 saturated heterocycles. The smallest absolute Gasteiger partial charge is 0.0398 e. The minimum absolute atomic E-state index is 0.204. The van der Waals surface area contributed by atoms with Crippen molar-refractivity contribution in [2.75, 3.05) is 38.6 Å². The summed E-state index contributed by atoms with van der Waals surface area (Å²) in [6.45, 7) is 7.84. The monoisotopic (exact) mass is 247 g/mol. The molecule has 1 aromatic carbocycles. The van der Waals surface area contributed by atoms with Gasteiger partial charge in [-0.2, -0.15) is 0 Å². The first-order chi connectivity index (χ1) is 8.54. The van der Waals surface area contributed by atoms with Crippen LogP contribution >= 0.6 is 0 Å². The van der Waals surface area contributed by atoms with E-state index in [9.17, 15) is 0 Å². The highest BCUT2D eigenvalue weighted by molar-refractivity contribution is 5.47. The Hall–Kier alpha value is -1.06. The number of hydrogen-bond donors (Lipinski definition) is 1. The van der Waals surface area contributed by atoms with Gasteiger partial charge in [0.25, 0.3) is 0 Å². The maximum absolute atomic E-state index is 3.31. The molecule has 0 amide bonds. The number of para-hydroxylation sites is 1. The Balaban J connectivity index is 2.19. The van der Waals surface area contributed by atoms with E-state index in [1.807, 2.05) is 7.05 Å². The zero-order chi connectivity index (χ0) is 13.2. The molecular formula is C15H25N3. The van der Waals surface area contributed by atoms with E-state index in [0.717, 1.165) is 19.6 Å². The molecule has 0 bridgehead atoms. The standard InChI is InChI=1S/C15H25N3/c1-15(2)12-18(13-8-6-5-7-9-13)11-14(10-16-3)17(15)4/h5-9,14,16H,10-12H2,1-4H3. The number of nitrogens with zero attached hydrogens (tertiary/aromatic N) is 2. The summed E-state index contributed by atoms with van der Waals surface area (Å²) in [4.78, 5) is 5.00. The molecule has 0 saturated carbocycles. The Labute approximate surface area is 111 Å². The highest BCUT2D eigenvalue weighted by atomic mass is 15.3. The summed E-state index contributed by atoms with van der Waals surface area (Å²) in [7, 11) is 4.27. The lowest BCUT2D eigenvalue weighted by molar-refractivity contribution is 0.0809. The predicted molar refractivity (Wildman–Crippen MR) is 78.2 cm³/mol. The fraction of sp³-hybridized carbons (Fsp3) is 0.600. The van der Waals surface area contributed by atoms with Crippen LogP contribution in [0.2, 0.25) is 0 Å². The van der Waals surface area contributed by atoms with Gasteiger partial charge in [0, 0.05) is 36.9 Å². The van der Waals surface area contributed by atoms with E-state index in [4.69, 9.17) is 0 Å². The summed E-state index contributed by atoms with van der Waals surface area (Å²) in [5.41, 5.74) is 1.54. The van der Waals surface area contributed by atoms with Gasteiger partial charge in [-0.1, -0.05) is 18.2 Å². The van der Waals surface area contributed by atoms with Gasteiger partial charge < -0.3 is 10.2 Å². The van der Waals surface area contributed by atoms with Crippen LogP contribution < -0.4 is 10.2 Å². The largest absolute Gasteiger partial charge is 0.368 e. The molecule has 1 N–H and O–H groups in total. The fourth-order valence-electron chi connectivity index (χ4n) is 2.79. The number of likely N-dealkylation sites (N-methyl/N-ethyl adjacent to an activating group) is 2. The van der Waals surface area contributed by atoms with Crippen molar-refractivity contribution >= 4 is 5.69 Å². The van der Waals surface area contributed by atoms with E-state index >= 15 is 0 Å². The van der Waals surface area contributed by atoms with Crippen molar-refractivity contribution in [2.45, 2.75) is 25.4 Å². The first-order valence-corrected chi connectivity index (χ1v) is 6.72. The number of rotatable bonds is 3. The molecule has 1 unspecified atom stereocenters. The summed E-state index contributed by atoms with van der Waals surface area (Å²) in [5.74, 6) is 0. The molecule has 1 heterocycles. The van der Waals surface area contributed by atoms with Crippen molar-refractivity contribution in [3.8, 4) is 0 Å². The quantitative estimate of drug-likeness (QED) is 0.879. The topological polar surface area (TPSA) is 18.5 Å². The lowest BCUT2D eigenvalue weighted by Crippen LogP contribution is -2.64. The minimum Gasteiger partial charge on any atom is -0.368 e. The Morgan fingerprint density at radius 3 is 2.56 bits per heavy atom. The highest BCUT2D eigenvalue weighted by Crippen LogP contribution is 2.27. The van der Waals surface area contributed by atoms with Gasteiger partial charge in [0.1, 0.15) is 0 Å². The molecule has 1 aliphatic heterocycles. The Morgan fingerprint density at radius 1 is 1.28 bits per heavy atom. The molecule has 0 radical (unpaired) electrons. The Bertz CT molecular complexity index is 375. The van der Waals surface area contributed by atoms with Crippen LogP contribution in [0.25, 0.3) is 0 Å². The van der Waals surface area contributed by atoms with E-state index in [0.29, 0.717) is 6.04 Å². The third-order valence-corrected chi connectivity index (χ3v) is 4.07. The molecule has 0 aromatic heterocycles. The maximum atomic E-state index is 3.31. The van der Waals surface area contributed by atoms with Crippen LogP contribution in [0.5, 0.6) is 0 Å². The normalized spacial score (nSPS) is 24.2. The first kappa shape index (κ1) is 13.4. The average molecular weight is 247 g/mol. The van der Waals surface area contributed by atoms with Gasteiger partial charge in [0.15, 0.2) is 0 Å². The number of nitrogens with one attached hydrogen (secondary N) is 1. The van der Waals surface area contributed by atoms with Gasteiger partial charge in [-0.3, -0.25) is 4.90 Å². The van der Waals surface area contributed by atoms with Gasteiger partial charge >= 0.3 is 0 Å². The van der Waals surface area contributed by atoms with Crippen LogP contribution in [0.1, 0.15) is 13.8 Å². The zero-order valence-corrected chi connectivity index (χ0v) is 12.0. The zero-order valence-electron chi connectivity index (χ0n) is 12.0. The fourth-order valence-corrected chi connectivity index (χ4v) is 2.79. The van der Waals surface area contributed by atoms with Crippen LogP contribution in [0.3, 0.4) is 0 Å². The second kappa shape index (κ2) is 5.29. The van der Waals surface area contributed by atoms with Crippen molar-refractivity contribution in [3.05, 3.63) is 30.3 Å². The van der Waals surface area contributed by atoms with Crippen molar-refractivity contribution < 1.29 is 0 Å². The SMILES string of the molecule is CNCC1CN(c2ccccc2)CC(C)(C)N1C. The van der Waals surface area contributed by atoms with Gasteiger partial charge in [0.2, 0.25) is 0 Å². The molecule has 2 rings (SSSR count). The van der Waals surface area contributed by atoms with Crippen LogP contribution in [0.15, 0.2) is 30.3 Å². The molecule has 1 atom stereocenters. The first-order valence-electron chi connectivity index (χ1n) is 6.72. The van der Waals surface area contributed by atoms with E-state index in [1.165, 1.54) is 5.69 Å². The second-order valence-electron chi connectivity index (χ2n) is 5.85. The van der Waals surface area contributed by atoms with Crippen LogP contribution in [-0.2, 0) is 0 Å². The van der Waals surface area contributed by atoms with E-state index in [2.05, 4.69) is 66.3 Å². The van der Waals surface area contributed by atoms with Gasteiger partial charge in [-0.25, -0.2) is 0 Å². The molecule has 0 aliphatic carbocycles. The third-order valence-electron chi connectivity index (χ3n) is 4.07. The summed E-state index contributed by atoms with van der Waals surface area (Å²) in [6, 6.07) is 11.3. The minimum atomic E-state index is 0.204. The lowest BCUT2D eigenvalue weighted by atomic mass is 9.95. The van der Waals surface area contributed by atoms with Crippen molar-refractivity contribution in [2.24, 2.45) is 0 Å². The molecule has 18 heavy (non-hydrogen) atoms. The molecule has 100 valence electrons. The predicted octanol–water partition coefficient (Wildman–Crippen LogP) is 1.80. The molecule has 3 heteroatoms. The molecule has 1 aliphatic rings. The van der Waals surface area contributed by atoms with E-state index in [-0.39, 0.29) is 5.54 Å². The molecule has 1 aromatic rings. The molecular weight excluding hydrogens is 222 g/mol. The van der Waals surface area contributed by atoms with Crippen molar-refractivity contribution in [1.29, 1.82) is 0 Å². The average Bonchev–Trinajstić information content (AvgIpc) is 2.36. The van der Waals surface area contributed by atoms with Crippen molar-refractivity contribution in [1.82, 2.24) is 10.2 Å². The van der Waals surface area contributed by atoms with Crippen molar-refractivity contribution in [3.63, 3.8) is 0 Å². The number of benzene rings is 1. The van der Waals surface area contributed by atoms with Gasteiger partial charge in [-0.15, -0.1) is 0 Å². The second-order valence-corrected chi connectivity index (χ2v) is 5.85. The molecule has 0 spiro atoms. The summed E-state index contributed by atoms with van der Waals surface area (Å²) in [6.07, 6.45) is 0. The van der Waals surface area contributed by atoms with E-state index < -0.39 is 0 Å². The van der Waals surface area contributed by atoms with E-state index in [1.54, 1.807) is 0 Å². The highest BCUT2D eigenvalue weighted by Gasteiger charge is 2.37. The van der Waals surface area contributed by atoms with Gasteiger partial charge in [-0.05, 0) is 40.1 Å². The Morgan fingerprint density at radius 2 is 1.94 bits per heavy atom.